The number of hydrogen-bond acceptors (Lipinski definition) is 5. The summed E-state index contributed by atoms with van der Waals surface area (Å²) >= 11 is 0. The van der Waals surface area contributed by atoms with Crippen molar-refractivity contribution in [2.75, 3.05) is 13.2 Å². The summed E-state index contributed by atoms with van der Waals surface area (Å²) in [5, 5.41) is 0. The number of hydrogen-bond donors (Lipinski definition) is 0. The van der Waals surface area contributed by atoms with Gasteiger partial charge in [-0.15, -0.1) is 0 Å². The molecule has 0 amide bonds. The lowest BCUT2D eigenvalue weighted by atomic mass is 9.84. The number of fused-ring (bicyclic) bond motifs is 1. The minimum atomic E-state index is -1.32. The smallest absolute Gasteiger partial charge is 0.323 e. The number of rotatable bonds is 5. The Kier molecular flexibility index (Phi) is 4.42. The predicted molar refractivity (Wildman–Crippen MR) is 99.6 cm³/mol. The molecule has 2 aliphatic heterocycles. The van der Waals surface area contributed by atoms with E-state index in [-0.39, 0.29) is 31.7 Å². The Morgan fingerprint density at radius 2 is 1.78 bits per heavy atom. The van der Waals surface area contributed by atoms with Gasteiger partial charge in [-0.25, -0.2) is 0 Å². The number of ether oxygens (including phenoxy) is 3. The Morgan fingerprint density at radius 1 is 1.11 bits per heavy atom. The third-order valence-electron chi connectivity index (χ3n) is 5.80. The van der Waals surface area contributed by atoms with Crippen molar-refractivity contribution in [1.29, 1.82) is 0 Å². The van der Waals surface area contributed by atoms with E-state index < -0.39 is 23.0 Å². The molecule has 0 aromatic heterocycles. The van der Waals surface area contributed by atoms with E-state index in [1.54, 1.807) is 13.8 Å². The first-order valence-corrected chi connectivity index (χ1v) is 9.53. The molecule has 27 heavy (non-hydrogen) atoms. The van der Waals surface area contributed by atoms with Gasteiger partial charge in [0.15, 0.2) is 5.41 Å². The van der Waals surface area contributed by atoms with Gasteiger partial charge in [0, 0.05) is 12.3 Å². The average molecular weight is 368 g/mol. The van der Waals surface area contributed by atoms with Crippen molar-refractivity contribution in [1.82, 2.24) is 0 Å². The lowest BCUT2D eigenvalue weighted by Gasteiger charge is -2.35. The fourth-order valence-electron chi connectivity index (χ4n) is 4.60. The van der Waals surface area contributed by atoms with E-state index in [2.05, 4.69) is 6.08 Å². The summed E-state index contributed by atoms with van der Waals surface area (Å²) in [7, 11) is 0. The van der Waals surface area contributed by atoms with Gasteiger partial charge in [0.1, 0.15) is 6.10 Å². The van der Waals surface area contributed by atoms with Gasteiger partial charge in [0.25, 0.3) is 0 Å². The quantitative estimate of drug-likeness (QED) is 0.453. The fourth-order valence-corrected chi connectivity index (χ4v) is 4.60. The third-order valence-corrected chi connectivity index (χ3v) is 5.80. The summed E-state index contributed by atoms with van der Waals surface area (Å²) in [6.07, 6.45) is 6.65. The Bertz CT molecular complexity index is 791. The van der Waals surface area contributed by atoms with E-state index >= 15 is 0 Å². The molecule has 1 fully saturated rings. The lowest BCUT2D eigenvalue weighted by Crippen LogP contribution is -2.42. The summed E-state index contributed by atoms with van der Waals surface area (Å²) < 4.78 is 16.9. The zero-order valence-corrected chi connectivity index (χ0v) is 15.6. The molecule has 1 aromatic rings. The topological polar surface area (TPSA) is 61.8 Å². The highest BCUT2D eigenvalue weighted by molar-refractivity contribution is 6.01. The van der Waals surface area contributed by atoms with Crippen molar-refractivity contribution >= 4 is 17.5 Å². The van der Waals surface area contributed by atoms with Gasteiger partial charge in [-0.1, -0.05) is 48.6 Å². The molecule has 2 bridgehead atoms. The SMILES string of the molecule is CCOC(=O)C1(C(=O)OCC)C[C@H]2C=C(c3ccccc3)[C@@H]3C=C[C@@]2(C1)O3. The summed E-state index contributed by atoms with van der Waals surface area (Å²) in [6, 6.07) is 10.1. The van der Waals surface area contributed by atoms with Gasteiger partial charge in [-0.3, -0.25) is 9.59 Å². The Hall–Kier alpha value is -2.40. The van der Waals surface area contributed by atoms with Gasteiger partial charge >= 0.3 is 11.9 Å². The van der Waals surface area contributed by atoms with Crippen LogP contribution >= 0.6 is 0 Å². The third kappa shape index (κ3) is 2.72. The van der Waals surface area contributed by atoms with E-state index in [0.717, 1.165) is 11.1 Å². The minimum absolute atomic E-state index is 0.0866. The number of carbonyl (C=O) groups is 2. The van der Waals surface area contributed by atoms with Gasteiger partial charge in [-0.05, 0) is 31.4 Å². The highest BCUT2D eigenvalue weighted by Gasteiger charge is 2.65. The summed E-state index contributed by atoms with van der Waals surface area (Å²) in [5.41, 5.74) is 0.196. The van der Waals surface area contributed by atoms with Gasteiger partial charge < -0.3 is 14.2 Å². The highest BCUT2D eigenvalue weighted by atomic mass is 16.6. The predicted octanol–water partition coefficient (Wildman–Crippen LogP) is 3.30. The molecule has 1 aromatic carbocycles. The van der Waals surface area contributed by atoms with Crippen molar-refractivity contribution in [3.05, 3.63) is 54.1 Å². The normalized spacial score (nSPS) is 29.8. The van der Waals surface area contributed by atoms with E-state index in [9.17, 15) is 9.59 Å². The van der Waals surface area contributed by atoms with Crippen LogP contribution in [0.1, 0.15) is 32.3 Å². The molecule has 1 spiro atoms. The van der Waals surface area contributed by atoms with Crippen molar-refractivity contribution in [2.45, 2.75) is 38.4 Å². The zero-order valence-electron chi connectivity index (χ0n) is 15.6. The maximum Gasteiger partial charge on any atom is 0.323 e. The van der Waals surface area contributed by atoms with Crippen LogP contribution in [0, 0.1) is 11.3 Å². The summed E-state index contributed by atoms with van der Waals surface area (Å²) in [4.78, 5) is 25.7. The molecule has 0 saturated heterocycles. The molecule has 0 unspecified atom stereocenters. The largest absolute Gasteiger partial charge is 0.465 e. The van der Waals surface area contributed by atoms with Gasteiger partial charge in [0.05, 0.1) is 18.8 Å². The van der Waals surface area contributed by atoms with E-state index in [4.69, 9.17) is 14.2 Å². The molecule has 3 aliphatic rings. The molecule has 2 heterocycles. The Morgan fingerprint density at radius 3 is 2.41 bits per heavy atom. The second-order valence-corrected chi connectivity index (χ2v) is 7.35. The summed E-state index contributed by atoms with van der Waals surface area (Å²) in [6.45, 7) is 3.93. The maximum absolute atomic E-state index is 12.8. The van der Waals surface area contributed by atoms with Crippen LogP contribution in [-0.4, -0.2) is 36.9 Å². The van der Waals surface area contributed by atoms with Crippen LogP contribution < -0.4 is 0 Å². The highest BCUT2D eigenvalue weighted by Crippen LogP contribution is 2.58. The molecule has 5 nitrogen and oxygen atoms in total. The second-order valence-electron chi connectivity index (χ2n) is 7.35. The van der Waals surface area contributed by atoms with E-state index in [0.29, 0.717) is 6.42 Å². The fraction of sp³-hybridized carbons (Fsp3) is 0.455. The Labute approximate surface area is 159 Å². The van der Waals surface area contributed by atoms with Crippen molar-refractivity contribution in [3.63, 3.8) is 0 Å². The van der Waals surface area contributed by atoms with Crippen molar-refractivity contribution in [3.8, 4) is 0 Å². The minimum Gasteiger partial charge on any atom is -0.465 e. The summed E-state index contributed by atoms with van der Waals surface area (Å²) in [5.74, 6) is -1.11. The lowest BCUT2D eigenvalue weighted by molar-refractivity contribution is -0.173. The van der Waals surface area contributed by atoms with Crippen molar-refractivity contribution in [2.24, 2.45) is 11.3 Å². The van der Waals surface area contributed by atoms with Gasteiger partial charge in [0.2, 0.25) is 0 Å². The van der Waals surface area contributed by atoms with Crippen LogP contribution in [0.15, 0.2) is 48.6 Å². The monoisotopic (exact) mass is 368 g/mol. The molecule has 142 valence electrons. The molecular formula is C22H24O5. The molecule has 0 radical (unpaired) electrons. The average Bonchev–Trinajstić information content (AvgIpc) is 3.22. The van der Waals surface area contributed by atoms with Crippen LogP contribution in [0.4, 0.5) is 0 Å². The molecule has 5 heteroatoms. The molecular weight excluding hydrogens is 344 g/mol. The molecule has 1 aliphatic carbocycles. The number of esters is 2. The van der Waals surface area contributed by atoms with Crippen LogP contribution in [0.3, 0.4) is 0 Å². The molecule has 0 N–H and O–H groups in total. The maximum atomic E-state index is 12.8. The first-order valence-electron chi connectivity index (χ1n) is 9.53. The second kappa shape index (κ2) is 6.64. The Balaban J connectivity index is 1.74. The van der Waals surface area contributed by atoms with Crippen molar-refractivity contribution < 1.29 is 23.8 Å². The van der Waals surface area contributed by atoms with Crippen LogP contribution in [0.2, 0.25) is 0 Å². The molecule has 3 atom stereocenters. The van der Waals surface area contributed by atoms with Gasteiger partial charge in [-0.2, -0.15) is 0 Å². The number of benzene rings is 1. The number of carbonyl (C=O) groups excluding carboxylic acids is 2. The van der Waals surface area contributed by atoms with E-state index in [1.165, 1.54) is 0 Å². The molecule has 1 saturated carbocycles. The van der Waals surface area contributed by atoms with Crippen LogP contribution in [0.25, 0.3) is 5.57 Å². The van der Waals surface area contributed by atoms with Crippen LogP contribution in [-0.2, 0) is 23.8 Å². The zero-order chi connectivity index (χ0) is 19.1. The first-order chi connectivity index (χ1) is 13.0. The van der Waals surface area contributed by atoms with Crippen LogP contribution in [0.5, 0.6) is 0 Å². The standard InChI is InChI=1S/C22H24O5/c1-3-25-19(23)21(20(24)26-4-2)13-16-12-17(15-8-6-5-7-9-15)18-10-11-22(16,14-21)27-18/h5-12,16,18H,3-4,13-14H2,1-2H3/t16-,18+,22+/m1/s1. The first kappa shape index (κ1) is 18.0. The molecule has 4 rings (SSSR count). The van der Waals surface area contributed by atoms with E-state index in [1.807, 2.05) is 42.5 Å².